The van der Waals surface area contributed by atoms with E-state index in [-0.39, 0.29) is 29.6 Å². The Bertz CT molecular complexity index is 175. The molecule has 0 N–H and O–H groups in total. The summed E-state index contributed by atoms with van der Waals surface area (Å²) in [6.45, 7) is 1.50. The van der Waals surface area contributed by atoms with Crippen LogP contribution in [0.25, 0.3) is 0 Å². The van der Waals surface area contributed by atoms with E-state index in [2.05, 4.69) is 25.3 Å². The molecule has 0 saturated heterocycles. The van der Waals surface area contributed by atoms with Gasteiger partial charge < -0.3 is 4.55 Å². The quantitative estimate of drug-likeness (QED) is 0.292. The van der Waals surface area contributed by atoms with Gasteiger partial charge in [-0.05, 0) is 0 Å². The fourth-order valence-electron chi connectivity index (χ4n) is 0.241. The van der Waals surface area contributed by atoms with Crippen molar-refractivity contribution in [3.8, 4) is 0 Å². The van der Waals surface area contributed by atoms with Crippen molar-refractivity contribution in [3.63, 3.8) is 0 Å². The largest absolute Gasteiger partial charge is 1.00 e. The third-order valence-electron chi connectivity index (χ3n) is 0.708. The Morgan fingerprint density at radius 2 is 1.70 bits per heavy atom. The van der Waals surface area contributed by atoms with Gasteiger partial charge in [-0.1, -0.05) is 6.92 Å². The molecule has 0 radical (unpaired) electrons. The molecular formula is C3H7NaO3S3. The molecule has 3 nitrogen and oxygen atoms in total. The monoisotopic (exact) mass is 210 g/mol. The molecule has 0 saturated carbocycles. The van der Waals surface area contributed by atoms with Gasteiger partial charge in [0.1, 0.15) is 14.7 Å². The average molecular weight is 210 g/mol. The van der Waals surface area contributed by atoms with Gasteiger partial charge in [-0.2, -0.15) is 25.3 Å². The first-order chi connectivity index (χ1) is 3.85. The van der Waals surface area contributed by atoms with Gasteiger partial charge in [0, 0.05) is 5.25 Å². The van der Waals surface area contributed by atoms with Gasteiger partial charge in [0.2, 0.25) is 0 Å². The van der Waals surface area contributed by atoms with Gasteiger partial charge in [0.25, 0.3) is 0 Å². The van der Waals surface area contributed by atoms with E-state index in [1.54, 1.807) is 0 Å². The molecule has 0 heterocycles. The van der Waals surface area contributed by atoms with Crippen LogP contribution in [-0.4, -0.2) is 22.8 Å². The molecule has 2 unspecified atom stereocenters. The van der Waals surface area contributed by atoms with E-state index in [9.17, 15) is 13.0 Å². The summed E-state index contributed by atoms with van der Waals surface area (Å²) in [4.78, 5) is 0. The Hall–Kier alpha value is 1.61. The van der Waals surface area contributed by atoms with Gasteiger partial charge in [0.05, 0.1) is 0 Å². The molecule has 10 heavy (non-hydrogen) atoms. The molecule has 0 spiro atoms. The van der Waals surface area contributed by atoms with Crippen LogP contribution < -0.4 is 29.6 Å². The van der Waals surface area contributed by atoms with Gasteiger partial charge in [0.15, 0.2) is 0 Å². The minimum Gasteiger partial charge on any atom is -0.747 e. The first-order valence-electron chi connectivity index (χ1n) is 2.16. The minimum atomic E-state index is -4.26. The fourth-order valence-corrected chi connectivity index (χ4v) is 1.17. The van der Waals surface area contributed by atoms with E-state index in [0.717, 1.165) is 0 Å². The molecule has 0 aliphatic heterocycles. The zero-order valence-corrected chi connectivity index (χ0v) is 10.3. The van der Waals surface area contributed by atoms with Crippen LogP contribution in [0.3, 0.4) is 0 Å². The van der Waals surface area contributed by atoms with Crippen molar-refractivity contribution in [2.75, 3.05) is 0 Å². The van der Waals surface area contributed by atoms with Crippen LogP contribution >= 0.6 is 25.3 Å². The molecule has 0 aromatic carbocycles. The van der Waals surface area contributed by atoms with Crippen LogP contribution in [0.15, 0.2) is 0 Å². The van der Waals surface area contributed by atoms with Gasteiger partial charge in [-0.25, -0.2) is 8.42 Å². The second-order valence-corrected chi connectivity index (χ2v) is 4.84. The molecule has 2 atom stereocenters. The molecule has 56 valence electrons. The molecule has 0 bridgehead atoms. The van der Waals surface area contributed by atoms with Crippen molar-refractivity contribution in [1.82, 2.24) is 0 Å². The van der Waals surface area contributed by atoms with Gasteiger partial charge in [-0.15, -0.1) is 0 Å². The predicted molar refractivity (Wildman–Crippen MR) is 40.9 cm³/mol. The number of hydrogen-bond acceptors (Lipinski definition) is 5. The maximum Gasteiger partial charge on any atom is 1.00 e. The van der Waals surface area contributed by atoms with E-state index in [0.29, 0.717) is 0 Å². The predicted octanol–water partition coefficient (Wildman–Crippen LogP) is -2.89. The zero-order valence-electron chi connectivity index (χ0n) is 5.68. The molecule has 0 aromatic rings. The van der Waals surface area contributed by atoms with E-state index < -0.39 is 20.0 Å². The summed E-state index contributed by atoms with van der Waals surface area (Å²) in [7, 11) is -4.26. The summed E-state index contributed by atoms with van der Waals surface area (Å²) in [5.74, 6) is 0. The SMILES string of the molecule is CC(S)C(S)S(=O)(=O)[O-].[Na+]. The van der Waals surface area contributed by atoms with Crippen molar-refractivity contribution in [2.24, 2.45) is 0 Å². The summed E-state index contributed by atoms with van der Waals surface area (Å²) >= 11 is 7.26. The smallest absolute Gasteiger partial charge is 0.747 e. The molecule has 0 aliphatic carbocycles. The average Bonchev–Trinajstić information content (AvgIpc) is 1.62. The first kappa shape index (κ1) is 14.2. The zero-order chi connectivity index (χ0) is 7.65. The Morgan fingerprint density at radius 1 is 1.40 bits per heavy atom. The molecule has 0 fully saturated rings. The second-order valence-electron chi connectivity index (χ2n) is 1.62. The Morgan fingerprint density at radius 3 is 1.70 bits per heavy atom. The molecule has 0 amide bonds. The normalized spacial score (nSPS) is 17.2. The molecule has 7 heteroatoms. The molecule has 0 aliphatic rings. The van der Waals surface area contributed by atoms with Gasteiger partial charge >= 0.3 is 29.6 Å². The third kappa shape index (κ3) is 5.29. The van der Waals surface area contributed by atoms with E-state index in [1.165, 1.54) is 6.92 Å². The first-order valence-corrected chi connectivity index (χ1v) is 4.67. The number of hydrogen-bond donors (Lipinski definition) is 2. The summed E-state index contributed by atoms with van der Waals surface area (Å²) in [5.41, 5.74) is 0. The molecule has 0 aromatic heterocycles. The van der Waals surface area contributed by atoms with Crippen molar-refractivity contribution < 1.29 is 42.5 Å². The van der Waals surface area contributed by atoms with E-state index in [1.807, 2.05) is 0 Å². The third-order valence-corrected chi connectivity index (χ3v) is 3.67. The van der Waals surface area contributed by atoms with Crippen molar-refractivity contribution in [1.29, 1.82) is 0 Å². The van der Waals surface area contributed by atoms with Crippen molar-refractivity contribution in [3.05, 3.63) is 0 Å². The maximum atomic E-state index is 10.1. The van der Waals surface area contributed by atoms with Crippen molar-refractivity contribution in [2.45, 2.75) is 16.8 Å². The number of rotatable bonds is 2. The van der Waals surface area contributed by atoms with E-state index >= 15 is 0 Å². The minimum absolute atomic E-state index is 0. The van der Waals surface area contributed by atoms with Crippen LogP contribution in [0.5, 0.6) is 0 Å². The molecular weight excluding hydrogens is 203 g/mol. The summed E-state index contributed by atoms with van der Waals surface area (Å²) in [6, 6.07) is 0. The second kappa shape index (κ2) is 5.29. The summed E-state index contributed by atoms with van der Waals surface area (Å²) in [5, 5.41) is -0.532. The Labute approximate surface area is 93.8 Å². The Balaban J connectivity index is 0. The standard InChI is InChI=1S/C3H8O3S3.Na/c1-2(7)3(8)9(4,5)6;/h2-3,7-8H,1H3,(H,4,5,6);/q;+1/p-1. The topological polar surface area (TPSA) is 57.2 Å². The van der Waals surface area contributed by atoms with Crippen LogP contribution in [0, 0.1) is 0 Å². The summed E-state index contributed by atoms with van der Waals surface area (Å²) < 4.78 is 29.1. The van der Waals surface area contributed by atoms with E-state index in [4.69, 9.17) is 0 Å². The molecule has 0 rings (SSSR count). The fraction of sp³-hybridized carbons (Fsp3) is 1.00. The maximum absolute atomic E-state index is 10.1. The van der Waals surface area contributed by atoms with Crippen LogP contribution in [0.2, 0.25) is 0 Å². The van der Waals surface area contributed by atoms with Crippen LogP contribution in [-0.2, 0) is 10.1 Å². The Kier molecular flexibility index (Phi) is 7.49. The van der Waals surface area contributed by atoms with Crippen LogP contribution in [0.1, 0.15) is 6.92 Å². The van der Waals surface area contributed by atoms with Gasteiger partial charge in [-0.3, -0.25) is 0 Å². The van der Waals surface area contributed by atoms with Crippen LogP contribution in [0.4, 0.5) is 0 Å². The number of thiol groups is 2. The van der Waals surface area contributed by atoms with Crippen molar-refractivity contribution >= 4 is 35.4 Å². The summed E-state index contributed by atoms with van der Waals surface area (Å²) in [6.07, 6.45) is 0.